The summed E-state index contributed by atoms with van der Waals surface area (Å²) >= 11 is 6.87. The molecule has 2 saturated heterocycles. The first kappa shape index (κ1) is 21.0. The standard InChI is InChI=1S/C30H34ClFN8O/c1-7-24(41)39-12-17(3)40(13-16(39)2)29-21-11-22(31)26(20-9-8-10-23-25(20)18(4)35-36-23)27(32)28(21)33-30(34-29)38-14-19(15-38)37(5)6/h7-11,16-17,19H,1,12-15H2,2-6H3,(H,35,36)/t16-,17+/m1/s1/i5D3,6D3. The number of nitrogens with zero attached hydrogens (tertiary/aromatic N) is 7. The number of piperazine rings is 1. The molecule has 4 aromatic rings. The molecule has 2 aromatic heterocycles. The van der Waals surface area contributed by atoms with Crippen LogP contribution >= 0.6 is 11.6 Å². The molecule has 2 aromatic carbocycles. The van der Waals surface area contributed by atoms with Crippen molar-refractivity contribution in [2.45, 2.75) is 38.9 Å². The highest BCUT2D eigenvalue weighted by molar-refractivity contribution is 6.35. The molecule has 11 heteroatoms. The molecule has 1 amide bonds. The summed E-state index contributed by atoms with van der Waals surface area (Å²) in [6, 6.07) is 5.69. The minimum atomic E-state index is -2.85. The summed E-state index contributed by atoms with van der Waals surface area (Å²) in [7, 11) is 0. The van der Waals surface area contributed by atoms with Gasteiger partial charge in [0.2, 0.25) is 11.9 Å². The van der Waals surface area contributed by atoms with E-state index in [1.165, 1.54) is 6.08 Å². The number of halogens is 2. The van der Waals surface area contributed by atoms with Crippen LogP contribution in [0.15, 0.2) is 36.9 Å². The summed E-state index contributed by atoms with van der Waals surface area (Å²) in [5, 5.41) is 8.47. The van der Waals surface area contributed by atoms with E-state index in [0.717, 1.165) is 5.69 Å². The topological polar surface area (TPSA) is 84.5 Å². The number of amides is 1. The number of hydrogen-bond acceptors (Lipinski definition) is 7. The van der Waals surface area contributed by atoms with Crippen LogP contribution in [0.4, 0.5) is 16.2 Å². The van der Waals surface area contributed by atoms with Crippen molar-refractivity contribution in [1.29, 1.82) is 0 Å². The Morgan fingerprint density at radius 3 is 2.73 bits per heavy atom. The van der Waals surface area contributed by atoms with Gasteiger partial charge in [0.05, 0.1) is 10.5 Å². The molecule has 6 rings (SSSR count). The van der Waals surface area contributed by atoms with Crippen LogP contribution in [-0.2, 0) is 4.79 Å². The minimum absolute atomic E-state index is 0.000972. The van der Waals surface area contributed by atoms with Crippen LogP contribution in [0, 0.1) is 12.7 Å². The van der Waals surface area contributed by atoms with Crippen LogP contribution in [0.5, 0.6) is 0 Å². The molecule has 0 aliphatic carbocycles. The van der Waals surface area contributed by atoms with Gasteiger partial charge in [-0.3, -0.25) is 9.89 Å². The zero-order valence-electron chi connectivity index (χ0n) is 28.9. The molecular weight excluding hydrogens is 543 g/mol. The number of aromatic nitrogens is 4. The lowest BCUT2D eigenvalue weighted by molar-refractivity contribution is -0.128. The van der Waals surface area contributed by atoms with Crippen LogP contribution < -0.4 is 9.80 Å². The van der Waals surface area contributed by atoms with E-state index in [0.29, 0.717) is 45.7 Å². The Morgan fingerprint density at radius 1 is 1.22 bits per heavy atom. The van der Waals surface area contributed by atoms with Crippen molar-refractivity contribution < 1.29 is 17.4 Å². The van der Waals surface area contributed by atoms with Gasteiger partial charge < -0.3 is 19.6 Å². The third-order valence-corrected chi connectivity index (χ3v) is 8.41. The van der Waals surface area contributed by atoms with Crippen LogP contribution in [0.3, 0.4) is 0 Å². The first-order chi connectivity index (χ1) is 22.0. The molecule has 0 spiro atoms. The summed E-state index contributed by atoms with van der Waals surface area (Å²) in [6.07, 6.45) is 1.28. The third kappa shape index (κ3) is 4.49. The summed E-state index contributed by atoms with van der Waals surface area (Å²) in [6.45, 7) is 4.33. The Labute approximate surface area is 252 Å². The maximum Gasteiger partial charge on any atom is 0.246 e. The van der Waals surface area contributed by atoms with Crippen molar-refractivity contribution in [3.63, 3.8) is 0 Å². The van der Waals surface area contributed by atoms with Crippen LogP contribution in [-0.4, -0.2) is 94.1 Å². The molecular formula is C30H34ClFN8O. The molecule has 9 nitrogen and oxygen atoms in total. The molecule has 0 saturated carbocycles. The average molecular weight is 583 g/mol. The molecule has 0 radical (unpaired) electrons. The maximum absolute atomic E-state index is 16.9. The molecule has 2 aliphatic heterocycles. The van der Waals surface area contributed by atoms with Gasteiger partial charge in [-0.1, -0.05) is 30.3 Å². The number of nitrogens with one attached hydrogen (secondary N) is 1. The van der Waals surface area contributed by atoms with E-state index in [1.807, 2.05) is 31.7 Å². The normalized spacial score (nSPS) is 22.6. The van der Waals surface area contributed by atoms with Crippen LogP contribution in [0.1, 0.15) is 27.8 Å². The molecule has 0 unspecified atom stereocenters. The fraction of sp³-hybridized carbons (Fsp3) is 0.400. The second kappa shape index (κ2) is 10.3. The number of benzene rings is 2. The van der Waals surface area contributed by atoms with E-state index in [-0.39, 0.29) is 53.1 Å². The number of fused-ring (bicyclic) bond motifs is 2. The number of carbonyl (C=O) groups is 1. The highest BCUT2D eigenvalue weighted by Gasteiger charge is 2.36. The Hall–Kier alpha value is -3.76. The quantitative estimate of drug-likeness (QED) is 0.343. The van der Waals surface area contributed by atoms with Crippen molar-refractivity contribution >= 4 is 51.1 Å². The zero-order chi connectivity index (χ0) is 34.2. The lowest BCUT2D eigenvalue weighted by Gasteiger charge is -2.45. The number of H-pyrrole nitrogens is 1. The van der Waals surface area contributed by atoms with Gasteiger partial charge in [0, 0.05) is 74.6 Å². The number of rotatable bonds is 5. The molecule has 2 fully saturated rings. The third-order valence-electron chi connectivity index (χ3n) is 8.11. The van der Waals surface area contributed by atoms with E-state index >= 15 is 4.39 Å². The van der Waals surface area contributed by atoms with E-state index in [9.17, 15) is 4.79 Å². The summed E-state index contributed by atoms with van der Waals surface area (Å²) in [5.74, 6) is -0.351. The smallest absolute Gasteiger partial charge is 0.246 e. The fourth-order valence-electron chi connectivity index (χ4n) is 5.84. The van der Waals surface area contributed by atoms with E-state index in [4.69, 9.17) is 24.8 Å². The molecule has 214 valence electrons. The highest BCUT2D eigenvalue weighted by atomic mass is 35.5. The Kier molecular flexibility index (Phi) is 5.26. The van der Waals surface area contributed by atoms with E-state index in [1.54, 1.807) is 28.0 Å². The highest BCUT2D eigenvalue weighted by Crippen LogP contribution is 2.42. The Morgan fingerprint density at radius 2 is 2.00 bits per heavy atom. The predicted octanol–water partition coefficient (Wildman–Crippen LogP) is 4.64. The molecule has 2 aliphatic rings. The van der Waals surface area contributed by atoms with Gasteiger partial charge in [0.1, 0.15) is 11.3 Å². The fourth-order valence-corrected chi connectivity index (χ4v) is 6.13. The minimum Gasteiger partial charge on any atom is -0.349 e. The predicted molar refractivity (Wildman–Crippen MR) is 162 cm³/mol. The molecule has 41 heavy (non-hydrogen) atoms. The number of aryl methyl sites for hydroxylation is 1. The molecule has 0 bridgehead atoms. The van der Waals surface area contributed by atoms with Crippen LogP contribution in [0.2, 0.25) is 5.02 Å². The van der Waals surface area contributed by atoms with Gasteiger partial charge in [-0.05, 0) is 58.5 Å². The number of carbonyl (C=O) groups excluding carboxylic acids is 1. The Balaban J connectivity index is 1.50. The van der Waals surface area contributed by atoms with Gasteiger partial charge in [0.15, 0.2) is 5.82 Å². The first-order valence-electron chi connectivity index (χ1n) is 16.4. The Bertz CT molecular complexity index is 1880. The SMILES string of the molecule is [2H]C([2H])([2H])N(C1CN(c2nc(N3C[C@@H](C)N(C(=O)C=C)C[C@@H]3C)c3cc(Cl)c(-c4cccc5n[nH]c(C)c45)c(F)c3n2)C1)C([2H])([2H])[2H]. The monoisotopic (exact) mass is 582 g/mol. The van der Waals surface area contributed by atoms with Gasteiger partial charge >= 0.3 is 0 Å². The summed E-state index contributed by atoms with van der Waals surface area (Å²) in [5.41, 5.74) is 2.07. The summed E-state index contributed by atoms with van der Waals surface area (Å²) in [4.78, 5) is 27.9. The second-order valence-electron chi connectivity index (χ2n) is 10.8. The van der Waals surface area contributed by atoms with Gasteiger partial charge in [-0.2, -0.15) is 10.1 Å². The molecule has 4 heterocycles. The number of hydrogen-bond donors (Lipinski definition) is 1. The number of aromatic amines is 1. The second-order valence-corrected chi connectivity index (χ2v) is 11.2. The molecule has 1 N–H and O–H groups in total. The molecule has 2 atom stereocenters. The van der Waals surface area contributed by atoms with Crippen molar-refractivity contribution in [3.05, 3.63) is 53.5 Å². The lowest BCUT2D eigenvalue weighted by Crippen LogP contribution is -2.59. The maximum atomic E-state index is 16.9. The number of anilines is 2. The van der Waals surface area contributed by atoms with E-state index in [2.05, 4.69) is 21.8 Å². The summed E-state index contributed by atoms with van der Waals surface area (Å²) < 4.78 is 63.8. The average Bonchev–Trinajstić information content (AvgIpc) is 3.35. The van der Waals surface area contributed by atoms with Gasteiger partial charge in [-0.25, -0.2) is 9.37 Å². The van der Waals surface area contributed by atoms with Crippen molar-refractivity contribution in [1.82, 2.24) is 30.0 Å². The van der Waals surface area contributed by atoms with Crippen molar-refractivity contribution in [3.8, 4) is 11.1 Å². The van der Waals surface area contributed by atoms with Crippen LogP contribution in [0.25, 0.3) is 32.9 Å². The van der Waals surface area contributed by atoms with E-state index < -0.39 is 25.8 Å². The largest absolute Gasteiger partial charge is 0.349 e. The van der Waals surface area contributed by atoms with Crippen molar-refractivity contribution in [2.75, 3.05) is 49.9 Å². The van der Waals surface area contributed by atoms with Gasteiger partial charge in [0.25, 0.3) is 0 Å². The zero-order valence-corrected chi connectivity index (χ0v) is 23.7. The van der Waals surface area contributed by atoms with Crippen molar-refractivity contribution in [2.24, 2.45) is 0 Å². The number of likely N-dealkylation sites (N-methyl/N-ethyl adjacent to an activating group) is 1. The lowest BCUT2D eigenvalue weighted by atomic mass is 9.97. The first-order valence-corrected chi connectivity index (χ1v) is 13.8. The van der Waals surface area contributed by atoms with Gasteiger partial charge in [-0.15, -0.1) is 0 Å².